The van der Waals surface area contributed by atoms with Gasteiger partial charge in [-0.15, -0.1) is 0 Å². The molecule has 1 aliphatic heterocycles. The van der Waals surface area contributed by atoms with Crippen LogP contribution in [0, 0.1) is 0 Å². The molecule has 0 aliphatic carbocycles. The summed E-state index contributed by atoms with van der Waals surface area (Å²) in [5.41, 5.74) is 1.07. The van der Waals surface area contributed by atoms with Crippen molar-refractivity contribution in [3.8, 4) is 0 Å². The third kappa shape index (κ3) is 4.22. The van der Waals surface area contributed by atoms with Crippen molar-refractivity contribution in [3.63, 3.8) is 0 Å². The molecule has 1 saturated heterocycles. The lowest BCUT2D eigenvalue weighted by Gasteiger charge is -2.19. The molecule has 158 valence electrons. The fourth-order valence-electron chi connectivity index (χ4n) is 3.33. The van der Waals surface area contributed by atoms with Crippen molar-refractivity contribution in [3.05, 3.63) is 41.6 Å². The normalized spacial score (nSPS) is 16.7. The molecule has 1 aromatic carbocycles. The molecular formula is C21H25N5O3S. The van der Waals surface area contributed by atoms with Crippen LogP contribution in [0.3, 0.4) is 0 Å². The number of amides is 2. The molecule has 3 aromatic rings. The number of benzene rings is 1. The van der Waals surface area contributed by atoms with Crippen LogP contribution in [0.25, 0.3) is 10.3 Å². The monoisotopic (exact) mass is 427 g/mol. The fourth-order valence-corrected chi connectivity index (χ4v) is 4.25. The summed E-state index contributed by atoms with van der Waals surface area (Å²) in [6.07, 6.45) is 2.02. The molecule has 2 N–H and O–H groups in total. The number of fused-ring (bicyclic) bond motifs is 1. The molecule has 0 saturated carbocycles. The molecule has 3 heterocycles. The highest BCUT2D eigenvalue weighted by atomic mass is 32.1. The SMILES string of the molecule is CC(C)(C)n1nc(C(=O)NCC2CCCO2)c2sc(NC(=O)c3ccccc3)nc21. The van der Waals surface area contributed by atoms with Crippen molar-refractivity contribution in [1.29, 1.82) is 0 Å². The second kappa shape index (κ2) is 8.16. The van der Waals surface area contributed by atoms with E-state index >= 15 is 0 Å². The van der Waals surface area contributed by atoms with Gasteiger partial charge in [0.15, 0.2) is 16.5 Å². The molecule has 4 rings (SSSR count). The van der Waals surface area contributed by atoms with E-state index in [4.69, 9.17) is 4.74 Å². The number of nitrogens with zero attached hydrogens (tertiary/aromatic N) is 3. The van der Waals surface area contributed by atoms with Gasteiger partial charge in [0, 0.05) is 18.7 Å². The first-order chi connectivity index (χ1) is 14.3. The number of rotatable bonds is 5. The number of carbonyl (C=O) groups excluding carboxylic acids is 2. The molecule has 2 amide bonds. The van der Waals surface area contributed by atoms with E-state index in [0.717, 1.165) is 19.4 Å². The minimum atomic E-state index is -0.375. The zero-order valence-corrected chi connectivity index (χ0v) is 18.1. The lowest BCUT2D eigenvalue weighted by molar-refractivity contribution is 0.0853. The van der Waals surface area contributed by atoms with Crippen molar-refractivity contribution in [2.75, 3.05) is 18.5 Å². The van der Waals surface area contributed by atoms with Gasteiger partial charge in [-0.05, 0) is 45.7 Å². The summed E-state index contributed by atoms with van der Waals surface area (Å²) in [5.74, 6) is -0.505. The average Bonchev–Trinajstić information content (AvgIpc) is 3.42. The fraction of sp³-hybridized carbons (Fsp3) is 0.429. The van der Waals surface area contributed by atoms with Crippen molar-refractivity contribution in [2.45, 2.75) is 45.3 Å². The first kappa shape index (κ1) is 20.5. The Morgan fingerprint density at radius 1 is 1.23 bits per heavy atom. The van der Waals surface area contributed by atoms with Crippen LogP contribution in [0.1, 0.15) is 54.5 Å². The van der Waals surface area contributed by atoms with Crippen LogP contribution in [0.2, 0.25) is 0 Å². The molecule has 1 fully saturated rings. The number of anilines is 1. The number of hydrogen-bond acceptors (Lipinski definition) is 6. The van der Waals surface area contributed by atoms with E-state index in [1.54, 1.807) is 28.9 Å². The molecule has 0 radical (unpaired) electrons. The summed E-state index contributed by atoms with van der Waals surface area (Å²) in [7, 11) is 0. The van der Waals surface area contributed by atoms with Gasteiger partial charge in [-0.3, -0.25) is 14.9 Å². The van der Waals surface area contributed by atoms with E-state index in [0.29, 0.717) is 33.3 Å². The summed E-state index contributed by atoms with van der Waals surface area (Å²) >= 11 is 1.25. The van der Waals surface area contributed by atoms with Gasteiger partial charge in [0.25, 0.3) is 11.8 Å². The maximum atomic E-state index is 12.9. The Labute approximate surface area is 178 Å². The zero-order chi connectivity index (χ0) is 21.3. The minimum absolute atomic E-state index is 0.0522. The number of thiazole rings is 1. The molecule has 0 spiro atoms. The highest BCUT2D eigenvalue weighted by Crippen LogP contribution is 2.32. The van der Waals surface area contributed by atoms with Crippen LogP contribution in [-0.2, 0) is 10.3 Å². The highest BCUT2D eigenvalue weighted by Gasteiger charge is 2.28. The summed E-state index contributed by atoms with van der Waals surface area (Å²) in [6, 6.07) is 8.95. The largest absolute Gasteiger partial charge is 0.376 e. The van der Waals surface area contributed by atoms with Crippen LogP contribution < -0.4 is 10.6 Å². The lowest BCUT2D eigenvalue weighted by Crippen LogP contribution is -2.32. The second-order valence-electron chi connectivity index (χ2n) is 8.27. The van der Waals surface area contributed by atoms with Crippen LogP contribution in [0.5, 0.6) is 0 Å². The summed E-state index contributed by atoms with van der Waals surface area (Å²) < 4.78 is 7.96. The minimum Gasteiger partial charge on any atom is -0.376 e. The van der Waals surface area contributed by atoms with E-state index in [9.17, 15) is 9.59 Å². The van der Waals surface area contributed by atoms with Crippen molar-refractivity contribution >= 4 is 38.6 Å². The zero-order valence-electron chi connectivity index (χ0n) is 17.3. The molecule has 1 unspecified atom stereocenters. The van der Waals surface area contributed by atoms with E-state index in [1.807, 2.05) is 26.8 Å². The van der Waals surface area contributed by atoms with Crippen LogP contribution in [0.15, 0.2) is 30.3 Å². The summed E-state index contributed by atoms with van der Waals surface area (Å²) in [6.45, 7) is 7.18. The van der Waals surface area contributed by atoms with Crippen LogP contribution in [-0.4, -0.2) is 45.8 Å². The number of aromatic nitrogens is 3. The molecule has 9 heteroatoms. The molecule has 1 atom stereocenters. The Bertz CT molecular complexity index is 1060. The summed E-state index contributed by atoms with van der Waals surface area (Å²) in [5, 5.41) is 10.7. The standard InChI is InChI=1S/C21H25N5O3S/c1-21(2,3)26-17-16(15(25-26)19(28)22-12-14-10-7-11-29-14)30-20(23-17)24-18(27)13-8-5-4-6-9-13/h4-6,8-9,14H,7,10-12H2,1-3H3,(H,22,28)(H,23,24,27). The van der Waals surface area contributed by atoms with Gasteiger partial charge < -0.3 is 10.1 Å². The van der Waals surface area contributed by atoms with Gasteiger partial charge in [0.05, 0.1) is 11.6 Å². The quantitative estimate of drug-likeness (QED) is 0.650. The first-order valence-corrected chi connectivity index (χ1v) is 10.8. The molecular weight excluding hydrogens is 402 g/mol. The molecule has 2 aromatic heterocycles. The van der Waals surface area contributed by atoms with E-state index in [1.165, 1.54) is 11.3 Å². The predicted octanol–water partition coefficient (Wildman–Crippen LogP) is 3.41. The third-order valence-electron chi connectivity index (χ3n) is 4.85. The number of nitrogens with one attached hydrogen (secondary N) is 2. The van der Waals surface area contributed by atoms with Crippen LogP contribution in [0.4, 0.5) is 5.13 Å². The van der Waals surface area contributed by atoms with Crippen molar-refractivity contribution in [2.24, 2.45) is 0 Å². The van der Waals surface area contributed by atoms with Gasteiger partial charge in [-0.2, -0.15) is 10.1 Å². The first-order valence-electron chi connectivity index (χ1n) is 9.99. The molecule has 0 bridgehead atoms. The average molecular weight is 428 g/mol. The smallest absolute Gasteiger partial charge is 0.273 e. The Balaban J connectivity index is 1.61. The number of carbonyl (C=O) groups is 2. The Hall–Kier alpha value is -2.78. The topological polar surface area (TPSA) is 98.1 Å². The highest BCUT2D eigenvalue weighted by molar-refractivity contribution is 7.22. The second-order valence-corrected chi connectivity index (χ2v) is 9.27. The van der Waals surface area contributed by atoms with Crippen LogP contribution >= 0.6 is 11.3 Å². The number of hydrogen-bond donors (Lipinski definition) is 2. The lowest BCUT2D eigenvalue weighted by atomic mass is 10.1. The number of ether oxygens (including phenoxy) is 1. The Morgan fingerprint density at radius 3 is 2.67 bits per heavy atom. The van der Waals surface area contributed by atoms with Gasteiger partial charge in [0.1, 0.15) is 4.70 Å². The molecule has 1 aliphatic rings. The van der Waals surface area contributed by atoms with Crippen molar-refractivity contribution < 1.29 is 14.3 Å². The summed E-state index contributed by atoms with van der Waals surface area (Å²) in [4.78, 5) is 29.9. The molecule has 30 heavy (non-hydrogen) atoms. The van der Waals surface area contributed by atoms with Gasteiger partial charge >= 0.3 is 0 Å². The van der Waals surface area contributed by atoms with Gasteiger partial charge in [-0.25, -0.2) is 4.68 Å². The Kier molecular flexibility index (Phi) is 5.57. The third-order valence-corrected chi connectivity index (χ3v) is 5.81. The maximum absolute atomic E-state index is 12.9. The van der Waals surface area contributed by atoms with Gasteiger partial charge in [-0.1, -0.05) is 29.5 Å². The predicted molar refractivity (Wildman–Crippen MR) is 116 cm³/mol. The van der Waals surface area contributed by atoms with E-state index < -0.39 is 0 Å². The van der Waals surface area contributed by atoms with Gasteiger partial charge in [0.2, 0.25) is 0 Å². The maximum Gasteiger partial charge on any atom is 0.273 e. The molecule has 8 nitrogen and oxygen atoms in total. The van der Waals surface area contributed by atoms with E-state index in [2.05, 4.69) is 20.7 Å². The van der Waals surface area contributed by atoms with Crippen molar-refractivity contribution in [1.82, 2.24) is 20.1 Å². The van der Waals surface area contributed by atoms with E-state index in [-0.39, 0.29) is 23.5 Å². The Morgan fingerprint density at radius 2 is 2.00 bits per heavy atom.